The maximum Gasteiger partial charge on any atom is 0.342 e. The molecule has 0 radical (unpaired) electrons. The van der Waals surface area contributed by atoms with Gasteiger partial charge in [0.05, 0.1) is 6.54 Å². The van der Waals surface area contributed by atoms with E-state index < -0.39 is 5.97 Å². The molecule has 1 aromatic carbocycles. The van der Waals surface area contributed by atoms with Crippen LogP contribution in [0.1, 0.15) is 15.9 Å². The van der Waals surface area contributed by atoms with Crippen LogP contribution in [0.5, 0.6) is 0 Å². The maximum absolute atomic E-state index is 11.1. The molecule has 0 aliphatic rings. The van der Waals surface area contributed by atoms with Gasteiger partial charge in [-0.1, -0.05) is 30.3 Å². The number of carboxylic acid groups (broad SMARTS) is 1. The number of carboxylic acids is 1. The average Bonchev–Trinajstić information content (AvgIpc) is 2.67. The number of nitrogen functional groups attached to an aromatic ring is 1. The Balaban J connectivity index is 2.38. The molecule has 1 heterocycles. The monoisotopic (exact) mass is 263 g/mol. The highest BCUT2D eigenvalue weighted by Gasteiger charge is 2.20. The number of aromatic nitrogens is 2. The number of anilines is 1. The summed E-state index contributed by atoms with van der Waals surface area (Å²) in [5.74, 6) is -0.855. The highest BCUT2D eigenvalue weighted by Crippen LogP contribution is 2.25. The fourth-order valence-corrected chi connectivity index (χ4v) is 2.25. The molecule has 18 heavy (non-hydrogen) atoms. The van der Waals surface area contributed by atoms with Crippen LogP contribution in [0, 0.1) is 0 Å². The molecule has 0 saturated heterocycles. The van der Waals surface area contributed by atoms with Crippen molar-refractivity contribution in [3.8, 4) is 0 Å². The quantitative estimate of drug-likeness (QED) is 0.824. The van der Waals surface area contributed by atoms with Crippen LogP contribution in [0.2, 0.25) is 0 Å². The molecule has 2 rings (SSSR count). The Morgan fingerprint density at radius 2 is 2.11 bits per heavy atom. The number of thioether (sulfide) groups is 1. The minimum absolute atomic E-state index is 0.0819. The summed E-state index contributed by atoms with van der Waals surface area (Å²) in [7, 11) is 0. The fourth-order valence-electron chi connectivity index (χ4n) is 1.67. The van der Waals surface area contributed by atoms with E-state index in [1.54, 1.807) is 6.26 Å². The molecule has 94 valence electrons. The molecular weight excluding hydrogens is 250 g/mol. The molecule has 0 amide bonds. The van der Waals surface area contributed by atoms with E-state index in [4.69, 9.17) is 10.8 Å². The first-order valence-electron chi connectivity index (χ1n) is 5.31. The molecule has 0 bridgehead atoms. The second-order valence-electron chi connectivity index (χ2n) is 3.72. The van der Waals surface area contributed by atoms with Gasteiger partial charge in [0.2, 0.25) is 0 Å². The third-order valence-electron chi connectivity index (χ3n) is 2.54. The lowest BCUT2D eigenvalue weighted by atomic mass is 10.2. The minimum Gasteiger partial charge on any atom is -0.477 e. The van der Waals surface area contributed by atoms with E-state index in [0.717, 1.165) is 5.56 Å². The van der Waals surface area contributed by atoms with Gasteiger partial charge in [-0.2, -0.15) is 5.10 Å². The van der Waals surface area contributed by atoms with Crippen molar-refractivity contribution in [3.63, 3.8) is 0 Å². The second-order valence-corrected chi connectivity index (χ2v) is 4.51. The summed E-state index contributed by atoms with van der Waals surface area (Å²) >= 11 is 1.28. The van der Waals surface area contributed by atoms with Crippen molar-refractivity contribution in [3.05, 3.63) is 41.5 Å². The van der Waals surface area contributed by atoms with Crippen LogP contribution >= 0.6 is 11.8 Å². The van der Waals surface area contributed by atoms with E-state index >= 15 is 0 Å². The molecule has 5 nitrogen and oxygen atoms in total. The van der Waals surface area contributed by atoms with Gasteiger partial charge >= 0.3 is 5.97 Å². The highest BCUT2D eigenvalue weighted by atomic mass is 32.2. The van der Waals surface area contributed by atoms with Gasteiger partial charge in [0, 0.05) is 0 Å². The fraction of sp³-hybridized carbons (Fsp3) is 0.167. The summed E-state index contributed by atoms with van der Waals surface area (Å²) in [6, 6.07) is 9.65. The zero-order chi connectivity index (χ0) is 13.1. The van der Waals surface area contributed by atoms with Crippen molar-refractivity contribution >= 4 is 23.5 Å². The van der Waals surface area contributed by atoms with Gasteiger partial charge in [-0.3, -0.25) is 0 Å². The Morgan fingerprint density at radius 3 is 2.61 bits per heavy atom. The molecule has 1 aromatic heterocycles. The van der Waals surface area contributed by atoms with Crippen molar-refractivity contribution in [1.29, 1.82) is 0 Å². The minimum atomic E-state index is -1.05. The SMILES string of the molecule is CSc1nn(Cc2ccccc2)c(N)c1C(=O)O. The largest absolute Gasteiger partial charge is 0.477 e. The lowest BCUT2D eigenvalue weighted by Crippen LogP contribution is -2.08. The van der Waals surface area contributed by atoms with Crippen molar-refractivity contribution in [2.75, 3.05) is 12.0 Å². The summed E-state index contributed by atoms with van der Waals surface area (Å²) in [5, 5.41) is 13.8. The van der Waals surface area contributed by atoms with Crippen LogP contribution < -0.4 is 5.73 Å². The number of rotatable bonds is 4. The molecule has 0 saturated carbocycles. The molecule has 2 aromatic rings. The molecule has 3 N–H and O–H groups in total. The number of aromatic carboxylic acids is 1. The lowest BCUT2D eigenvalue weighted by Gasteiger charge is -2.03. The van der Waals surface area contributed by atoms with Gasteiger partial charge in [0.1, 0.15) is 16.4 Å². The van der Waals surface area contributed by atoms with Crippen LogP contribution in [0.15, 0.2) is 35.4 Å². The van der Waals surface area contributed by atoms with Gasteiger partial charge in [0.25, 0.3) is 0 Å². The van der Waals surface area contributed by atoms with E-state index in [1.807, 2.05) is 30.3 Å². The van der Waals surface area contributed by atoms with E-state index in [-0.39, 0.29) is 11.4 Å². The van der Waals surface area contributed by atoms with E-state index in [0.29, 0.717) is 11.6 Å². The Hall–Kier alpha value is -1.95. The number of nitrogens with zero attached hydrogens (tertiary/aromatic N) is 2. The summed E-state index contributed by atoms with van der Waals surface area (Å²) in [4.78, 5) is 11.1. The molecule has 0 atom stereocenters. The van der Waals surface area contributed by atoms with Gasteiger partial charge in [-0.15, -0.1) is 11.8 Å². The normalized spacial score (nSPS) is 10.5. The number of benzene rings is 1. The van der Waals surface area contributed by atoms with E-state index in [9.17, 15) is 4.79 Å². The van der Waals surface area contributed by atoms with Gasteiger partial charge in [0.15, 0.2) is 0 Å². The highest BCUT2D eigenvalue weighted by molar-refractivity contribution is 7.98. The zero-order valence-electron chi connectivity index (χ0n) is 9.83. The van der Waals surface area contributed by atoms with Crippen LogP contribution in [0.25, 0.3) is 0 Å². The Morgan fingerprint density at radius 1 is 1.44 bits per heavy atom. The molecule has 0 spiro atoms. The third-order valence-corrected chi connectivity index (χ3v) is 3.21. The molecule has 0 aliphatic heterocycles. The predicted molar refractivity (Wildman–Crippen MR) is 70.9 cm³/mol. The summed E-state index contributed by atoms with van der Waals surface area (Å²) < 4.78 is 1.52. The number of hydrogen-bond donors (Lipinski definition) is 2. The van der Waals surface area contributed by atoms with E-state index in [1.165, 1.54) is 16.4 Å². The standard InChI is InChI=1S/C12H13N3O2S/c1-18-11-9(12(16)17)10(13)15(14-11)7-8-5-3-2-4-6-8/h2-6H,7,13H2,1H3,(H,16,17). The maximum atomic E-state index is 11.1. The molecule has 6 heteroatoms. The first kappa shape index (κ1) is 12.5. The Labute approximate surface area is 109 Å². The first-order valence-corrected chi connectivity index (χ1v) is 6.53. The topological polar surface area (TPSA) is 81.1 Å². The smallest absolute Gasteiger partial charge is 0.342 e. The lowest BCUT2D eigenvalue weighted by molar-refractivity contribution is 0.0694. The predicted octanol–water partition coefficient (Wildman–Crippen LogP) is 1.93. The molecule has 0 unspecified atom stereocenters. The van der Waals surface area contributed by atoms with Crippen molar-refractivity contribution < 1.29 is 9.90 Å². The number of carbonyl (C=O) groups is 1. The molecule has 0 fully saturated rings. The van der Waals surface area contributed by atoms with Crippen LogP contribution in [0.3, 0.4) is 0 Å². The average molecular weight is 263 g/mol. The molecular formula is C12H13N3O2S. The van der Waals surface area contributed by atoms with Crippen LogP contribution in [-0.4, -0.2) is 27.1 Å². The van der Waals surface area contributed by atoms with Crippen LogP contribution in [-0.2, 0) is 6.54 Å². The van der Waals surface area contributed by atoms with E-state index in [2.05, 4.69) is 5.10 Å². The van der Waals surface area contributed by atoms with Gasteiger partial charge < -0.3 is 10.8 Å². The van der Waals surface area contributed by atoms with Gasteiger partial charge in [-0.05, 0) is 11.8 Å². The third kappa shape index (κ3) is 2.33. The van der Waals surface area contributed by atoms with Crippen LogP contribution in [0.4, 0.5) is 5.82 Å². The molecule has 0 aliphatic carbocycles. The Kier molecular flexibility index (Phi) is 3.57. The second kappa shape index (κ2) is 5.14. The van der Waals surface area contributed by atoms with Crippen molar-refractivity contribution in [1.82, 2.24) is 9.78 Å². The van der Waals surface area contributed by atoms with Gasteiger partial charge in [-0.25, -0.2) is 9.48 Å². The number of hydrogen-bond acceptors (Lipinski definition) is 4. The zero-order valence-corrected chi connectivity index (χ0v) is 10.6. The summed E-state index contributed by atoms with van der Waals surface area (Å²) in [5.41, 5.74) is 6.94. The first-order chi connectivity index (χ1) is 8.63. The summed E-state index contributed by atoms with van der Waals surface area (Å²) in [6.45, 7) is 0.466. The van der Waals surface area contributed by atoms with Crippen molar-refractivity contribution in [2.24, 2.45) is 0 Å². The van der Waals surface area contributed by atoms with Crippen molar-refractivity contribution in [2.45, 2.75) is 11.6 Å². The summed E-state index contributed by atoms with van der Waals surface area (Å²) in [6.07, 6.45) is 1.78. The number of nitrogens with two attached hydrogens (primary N) is 1. The Bertz CT molecular complexity index is 566.